The first-order chi connectivity index (χ1) is 15.5. The van der Waals surface area contributed by atoms with Gasteiger partial charge in [0.1, 0.15) is 5.76 Å². The number of fused-ring (bicyclic) bond motifs is 1. The van der Waals surface area contributed by atoms with Crippen molar-refractivity contribution in [3.63, 3.8) is 0 Å². The number of benzene rings is 2. The molecule has 0 aliphatic rings. The second kappa shape index (κ2) is 9.30. The molecule has 8 heteroatoms. The van der Waals surface area contributed by atoms with Gasteiger partial charge in [0.25, 0.3) is 11.5 Å². The topological polar surface area (TPSA) is 97.4 Å². The third-order valence-electron chi connectivity index (χ3n) is 5.01. The summed E-state index contributed by atoms with van der Waals surface area (Å²) in [6, 6.07) is 19.8. The highest BCUT2D eigenvalue weighted by atomic mass is 16.3. The standard InChI is InChI=1S/C24H22N4O4/c1-27(16-21(29)25-14-18-10-7-13-32-18)24(31)22-19-11-5-6-12-20(19)23(30)28(26-22)15-17-8-3-2-4-9-17/h2-13H,14-16H2,1H3,(H,25,29). The molecule has 0 aliphatic heterocycles. The summed E-state index contributed by atoms with van der Waals surface area (Å²) in [7, 11) is 1.53. The summed E-state index contributed by atoms with van der Waals surface area (Å²) in [5, 5.41) is 7.94. The fraction of sp³-hybridized carbons (Fsp3) is 0.167. The molecular weight excluding hydrogens is 408 g/mol. The number of hydrogen-bond acceptors (Lipinski definition) is 5. The first kappa shape index (κ1) is 21.0. The minimum atomic E-state index is -0.448. The lowest BCUT2D eigenvalue weighted by Gasteiger charge is -2.18. The lowest BCUT2D eigenvalue weighted by molar-refractivity contribution is -0.121. The van der Waals surface area contributed by atoms with Crippen LogP contribution in [0.5, 0.6) is 0 Å². The highest BCUT2D eigenvalue weighted by Crippen LogP contribution is 2.15. The van der Waals surface area contributed by atoms with E-state index in [4.69, 9.17) is 4.42 Å². The summed E-state index contributed by atoms with van der Waals surface area (Å²) in [5.74, 6) is -0.164. The number of hydrogen-bond donors (Lipinski definition) is 1. The van der Waals surface area contributed by atoms with Gasteiger partial charge < -0.3 is 14.6 Å². The lowest BCUT2D eigenvalue weighted by Crippen LogP contribution is -2.39. The van der Waals surface area contributed by atoms with Gasteiger partial charge in [-0.15, -0.1) is 0 Å². The molecule has 2 aromatic heterocycles. The third kappa shape index (κ3) is 4.59. The van der Waals surface area contributed by atoms with Gasteiger partial charge >= 0.3 is 0 Å². The minimum Gasteiger partial charge on any atom is -0.467 e. The number of nitrogens with zero attached hydrogens (tertiary/aromatic N) is 3. The van der Waals surface area contributed by atoms with Gasteiger partial charge in [0.15, 0.2) is 5.69 Å². The maximum absolute atomic E-state index is 13.2. The van der Waals surface area contributed by atoms with Crippen LogP contribution >= 0.6 is 0 Å². The molecule has 0 atom stereocenters. The molecular formula is C24H22N4O4. The number of furan rings is 1. The van der Waals surface area contributed by atoms with Crippen LogP contribution in [0.2, 0.25) is 0 Å². The lowest BCUT2D eigenvalue weighted by atomic mass is 10.1. The zero-order valence-corrected chi connectivity index (χ0v) is 17.5. The second-order valence-corrected chi connectivity index (χ2v) is 7.36. The van der Waals surface area contributed by atoms with Crippen molar-refractivity contribution in [2.75, 3.05) is 13.6 Å². The van der Waals surface area contributed by atoms with Crippen LogP contribution in [0.1, 0.15) is 21.8 Å². The van der Waals surface area contributed by atoms with Crippen LogP contribution in [0.4, 0.5) is 0 Å². The number of nitrogens with one attached hydrogen (secondary N) is 1. The van der Waals surface area contributed by atoms with E-state index in [1.807, 2.05) is 30.3 Å². The summed E-state index contributed by atoms with van der Waals surface area (Å²) in [6.07, 6.45) is 1.53. The van der Waals surface area contributed by atoms with E-state index < -0.39 is 5.91 Å². The maximum atomic E-state index is 13.2. The van der Waals surface area contributed by atoms with Gasteiger partial charge in [-0.3, -0.25) is 14.4 Å². The summed E-state index contributed by atoms with van der Waals surface area (Å²) in [4.78, 5) is 39.7. The number of rotatable bonds is 7. The quantitative estimate of drug-likeness (QED) is 0.486. The fourth-order valence-electron chi connectivity index (χ4n) is 3.38. The SMILES string of the molecule is CN(CC(=O)NCc1ccco1)C(=O)c1nn(Cc2ccccc2)c(=O)c2ccccc12. The second-order valence-electron chi connectivity index (χ2n) is 7.36. The van der Waals surface area contributed by atoms with E-state index in [1.165, 1.54) is 22.9 Å². The van der Waals surface area contributed by atoms with Crippen molar-refractivity contribution in [1.82, 2.24) is 20.0 Å². The summed E-state index contributed by atoms with van der Waals surface area (Å²) in [5.41, 5.74) is 0.735. The van der Waals surface area contributed by atoms with Crippen LogP contribution in [-0.2, 0) is 17.9 Å². The van der Waals surface area contributed by atoms with Crippen LogP contribution in [0.15, 0.2) is 82.2 Å². The Morgan fingerprint density at radius 2 is 1.72 bits per heavy atom. The van der Waals surface area contributed by atoms with Crippen LogP contribution in [0.25, 0.3) is 10.8 Å². The van der Waals surface area contributed by atoms with E-state index in [9.17, 15) is 14.4 Å². The Bertz CT molecular complexity index is 1300. The van der Waals surface area contributed by atoms with Crippen molar-refractivity contribution in [1.29, 1.82) is 0 Å². The molecule has 0 aliphatic carbocycles. The predicted molar refractivity (Wildman–Crippen MR) is 119 cm³/mol. The highest BCUT2D eigenvalue weighted by Gasteiger charge is 2.21. The smallest absolute Gasteiger partial charge is 0.275 e. The van der Waals surface area contributed by atoms with Crippen molar-refractivity contribution >= 4 is 22.6 Å². The molecule has 0 radical (unpaired) electrons. The van der Waals surface area contributed by atoms with E-state index in [0.29, 0.717) is 16.5 Å². The average Bonchev–Trinajstić information content (AvgIpc) is 3.33. The molecule has 4 aromatic rings. The number of aromatic nitrogens is 2. The van der Waals surface area contributed by atoms with Crippen molar-refractivity contribution in [2.24, 2.45) is 0 Å². The summed E-state index contributed by atoms with van der Waals surface area (Å²) >= 11 is 0. The molecule has 162 valence electrons. The van der Waals surface area contributed by atoms with E-state index in [1.54, 1.807) is 36.4 Å². The Hall–Kier alpha value is -4.20. The Kier molecular flexibility index (Phi) is 6.12. The van der Waals surface area contributed by atoms with Crippen LogP contribution in [0, 0.1) is 0 Å². The third-order valence-corrected chi connectivity index (χ3v) is 5.01. The molecule has 2 amide bonds. The first-order valence-corrected chi connectivity index (χ1v) is 10.1. The van der Waals surface area contributed by atoms with E-state index in [2.05, 4.69) is 10.4 Å². The zero-order chi connectivity index (χ0) is 22.5. The zero-order valence-electron chi connectivity index (χ0n) is 17.5. The van der Waals surface area contributed by atoms with Crippen molar-refractivity contribution in [3.8, 4) is 0 Å². The van der Waals surface area contributed by atoms with Gasteiger partial charge in [-0.2, -0.15) is 5.10 Å². The molecule has 4 rings (SSSR count). The van der Waals surface area contributed by atoms with Gasteiger partial charge in [0.2, 0.25) is 5.91 Å². The number of likely N-dealkylation sites (N-methyl/N-ethyl adjacent to an activating group) is 1. The van der Waals surface area contributed by atoms with Gasteiger partial charge in [0, 0.05) is 12.4 Å². The molecule has 32 heavy (non-hydrogen) atoms. The largest absolute Gasteiger partial charge is 0.467 e. The van der Waals surface area contributed by atoms with Gasteiger partial charge in [-0.1, -0.05) is 48.5 Å². The molecule has 0 bridgehead atoms. The molecule has 0 saturated heterocycles. The van der Waals surface area contributed by atoms with Gasteiger partial charge in [0.05, 0.1) is 31.3 Å². The maximum Gasteiger partial charge on any atom is 0.275 e. The van der Waals surface area contributed by atoms with Crippen LogP contribution in [0.3, 0.4) is 0 Å². The predicted octanol–water partition coefficient (Wildman–Crippen LogP) is 2.43. The van der Waals surface area contributed by atoms with Crippen LogP contribution in [-0.4, -0.2) is 40.1 Å². The monoisotopic (exact) mass is 430 g/mol. The normalized spacial score (nSPS) is 10.8. The minimum absolute atomic E-state index is 0.123. The highest BCUT2D eigenvalue weighted by molar-refractivity contribution is 6.05. The molecule has 0 spiro atoms. The van der Waals surface area contributed by atoms with Gasteiger partial charge in [-0.05, 0) is 23.8 Å². The Balaban J connectivity index is 1.59. The molecule has 8 nitrogen and oxygen atoms in total. The van der Waals surface area contributed by atoms with E-state index in [-0.39, 0.29) is 36.8 Å². The van der Waals surface area contributed by atoms with Crippen molar-refractivity contribution in [2.45, 2.75) is 13.1 Å². The van der Waals surface area contributed by atoms with Crippen molar-refractivity contribution in [3.05, 3.63) is 100 Å². The number of carbonyl (C=O) groups is 2. The summed E-state index contributed by atoms with van der Waals surface area (Å²) < 4.78 is 6.48. The Morgan fingerprint density at radius 1 is 1.00 bits per heavy atom. The summed E-state index contributed by atoms with van der Waals surface area (Å²) in [6.45, 7) is 0.308. The number of carbonyl (C=O) groups excluding carboxylic acids is 2. The molecule has 0 saturated carbocycles. The molecule has 2 aromatic carbocycles. The Morgan fingerprint density at radius 3 is 2.44 bits per heavy atom. The number of amides is 2. The molecule has 1 N–H and O–H groups in total. The molecule has 2 heterocycles. The molecule has 0 unspecified atom stereocenters. The van der Waals surface area contributed by atoms with Gasteiger partial charge in [-0.25, -0.2) is 4.68 Å². The van der Waals surface area contributed by atoms with Crippen LogP contribution < -0.4 is 10.9 Å². The average molecular weight is 430 g/mol. The fourth-order valence-corrected chi connectivity index (χ4v) is 3.38. The van der Waals surface area contributed by atoms with E-state index >= 15 is 0 Å². The molecule has 0 fully saturated rings. The van der Waals surface area contributed by atoms with E-state index in [0.717, 1.165) is 5.56 Å². The first-order valence-electron chi connectivity index (χ1n) is 10.1. The van der Waals surface area contributed by atoms with Crippen molar-refractivity contribution < 1.29 is 14.0 Å². The Labute approximate surface area is 184 Å².